The maximum atomic E-state index is 13.5. The Bertz CT molecular complexity index is 1320. The first-order valence-electron chi connectivity index (χ1n) is 13.6. The first kappa shape index (κ1) is 36.8. The highest BCUT2D eigenvalue weighted by Gasteiger charge is 2.46. The second kappa shape index (κ2) is 15.3. The highest BCUT2D eigenvalue weighted by Crippen LogP contribution is 2.50. The minimum atomic E-state index is -4.34. The lowest BCUT2D eigenvalue weighted by atomic mass is 9.97. The summed E-state index contributed by atoms with van der Waals surface area (Å²) in [5, 5.41) is 39.7. The zero-order valence-electron chi connectivity index (χ0n) is 25.1. The summed E-state index contributed by atoms with van der Waals surface area (Å²) < 4.78 is 37.1. The summed E-state index contributed by atoms with van der Waals surface area (Å²) in [4.78, 5) is 37.1. The summed E-state index contributed by atoms with van der Waals surface area (Å²) in [6.07, 6.45) is -3.92. The molecule has 44 heavy (non-hydrogen) atoms. The molecule has 2 aromatic heterocycles. The SMILES string of the molecule is Cc1nc(N)c2ncn([C@@H]3O[C@H](COP(=O)(OCCSC(=O)C(C)(C)CO)OCCSC(=O)C(C)(C)CO)[C@H](O)C3O)c2n1. The molecule has 0 aromatic carbocycles. The molecule has 1 saturated heterocycles. The van der Waals surface area contributed by atoms with Crippen LogP contribution in [0.2, 0.25) is 0 Å². The van der Waals surface area contributed by atoms with Gasteiger partial charge in [0.2, 0.25) is 0 Å². The number of hydrogen-bond acceptors (Lipinski definition) is 17. The van der Waals surface area contributed by atoms with E-state index in [1.54, 1.807) is 34.6 Å². The van der Waals surface area contributed by atoms with E-state index in [2.05, 4.69) is 15.0 Å². The van der Waals surface area contributed by atoms with Crippen LogP contribution in [0.1, 0.15) is 39.7 Å². The van der Waals surface area contributed by atoms with E-state index < -0.39 is 49.8 Å². The smallest absolute Gasteiger partial charge is 0.395 e. The number of phosphoric acid groups is 1. The van der Waals surface area contributed by atoms with Gasteiger partial charge in [-0.25, -0.2) is 19.5 Å². The molecule has 0 amide bonds. The summed E-state index contributed by atoms with van der Waals surface area (Å²) in [6.45, 7) is 6.28. The van der Waals surface area contributed by atoms with E-state index >= 15 is 0 Å². The van der Waals surface area contributed by atoms with Crippen LogP contribution in [-0.2, 0) is 32.5 Å². The molecular formula is C25H40N5O11PS2. The number of imidazole rings is 1. The summed E-state index contributed by atoms with van der Waals surface area (Å²) in [6, 6.07) is 0. The van der Waals surface area contributed by atoms with Crippen molar-refractivity contribution < 1.29 is 52.9 Å². The number of phosphoric ester groups is 1. The lowest BCUT2D eigenvalue weighted by Gasteiger charge is -2.22. The molecule has 1 unspecified atom stereocenters. The van der Waals surface area contributed by atoms with Crippen molar-refractivity contribution in [1.29, 1.82) is 0 Å². The Morgan fingerprint density at radius 3 is 2.07 bits per heavy atom. The van der Waals surface area contributed by atoms with Crippen molar-refractivity contribution in [3.63, 3.8) is 0 Å². The van der Waals surface area contributed by atoms with Gasteiger partial charge in [0.15, 0.2) is 27.9 Å². The van der Waals surface area contributed by atoms with Crippen molar-refractivity contribution in [3.05, 3.63) is 12.2 Å². The Hall–Kier alpha value is -1.70. The molecule has 1 aliphatic rings. The number of aromatic nitrogens is 4. The molecule has 2 aromatic rings. The molecule has 3 rings (SSSR count). The first-order chi connectivity index (χ1) is 20.5. The van der Waals surface area contributed by atoms with Crippen LogP contribution in [-0.4, -0.2) is 113 Å². The first-order valence-corrected chi connectivity index (χ1v) is 17.1. The van der Waals surface area contributed by atoms with Gasteiger partial charge in [-0.05, 0) is 34.6 Å². The number of hydrogen-bond donors (Lipinski definition) is 5. The van der Waals surface area contributed by atoms with Crippen molar-refractivity contribution in [2.24, 2.45) is 10.8 Å². The number of fused-ring (bicyclic) bond motifs is 1. The van der Waals surface area contributed by atoms with Crippen LogP contribution < -0.4 is 5.73 Å². The van der Waals surface area contributed by atoms with Crippen LogP contribution in [0.4, 0.5) is 5.82 Å². The number of aliphatic hydroxyl groups is 4. The number of nitrogens with zero attached hydrogens (tertiary/aromatic N) is 4. The lowest BCUT2D eigenvalue weighted by molar-refractivity contribution is -0.120. The molecule has 19 heteroatoms. The fourth-order valence-electron chi connectivity index (χ4n) is 3.70. The van der Waals surface area contributed by atoms with Gasteiger partial charge in [-0.3, -0.25) is 27.7 Å². The topological polar surface area (TPSA) is 239 Å². The van der Waals surface area contributed by atoms with Gasteiger partial charge in [-0.2, -0.15) is 0 Å². The van der Waals surface area contributed by atoms with Gasteiger partial charge in [0.25, 0.3) is 0 Å². The Balaban J connectivity index is 1.66. The van der Waals surface area contributed by atoms with Crippen LogP contribution in [0, 0.1) is 17.8 Å². The van der Waals surface area contributed by atoms with Crippen LogP contribution in [0.25, 0.3) is 11.2 Å². The molecule has 1 fully saturated rings. The molecule has 6 N–H and O–H groups in total. The van der Waals surface area contributed by atoms with E-state index in [-0.39, 0.29) is 65.1 Å². The van der Waals surface area contributed by atoms with Crippen molar-refractivity contribution >= 4 is 58.6 Å². The molecule has 0 aliphatic carbocycles. The summed E-state index contributed by atoms with van der Waals surface area (Å²) in [5.41, 5.74) is 4.53. The van der Waals surface area contributed by atoms with E-state index in [1.165, 1.54) is 10.9 Å². The number of carbonyl (C=O) groups is 2. The minimum Gasteiger partial charge on any atom is -0.395 e. The third-order valence-corrected chi connectivity index (χ3v) is 10.4. The van der Waals surface area contributed by atoms with Crippen molar-refractivity contribution in [2.75, 3.05) is 50.3 Å². The molecule has 0 spiro atoms. The number of rotatable bonds is 16. The normalized spacial score (nSPS) is 21.3. The summed E-state index contributed by atoms with van der Waals surface area (Å²) in [7, 11) is -4.34. The third kappa shape index (κ3) is 8.97. The van der Waals surface area contributed by atoms with Crippen molar-refractivity contribution in [2.45, 2.75) is 59.2 Å². The minimum absolute atomic E-state index is 0.0678. The van der Waals surface area contributed by atoms with Gasteiger partial charge >= 0.3 is 7.82 Å². The number of carbonyl (C=O) groups excluding carboxylic acids is 2. The fraction of sp³-hybridized carbons (Fsp3) is 0.720. The Morgan fingerprint density at radius 2 is 1.55 bits per heavy atom. The van der Waals surface area contributed by atoms with E-state index in [0.717, 1.165) is 23.5 Å². The highest BCUT2D eigenvalue weighted by atomic mass is 32.2. The number of ether oxygens (including phenoxy) is 1. The fourth-order valence-corrected chi connectivity index (χ4v) is 6.74. The van der Waals surface area contributed by atoms with Gasteiger partial charge in [0, 0.05) is 11.5 Å². The van der Waals surface area contributed by atoms with E-state index in [0.29, 0.717) is 5.82 Å². The number of aliphatic hydroxyl groups excluding tert-OH is 4. The van der Waals surface area contributed by atoms with E-state index in [4.69, 9.17) is 24.0 Å². The number of anilines is 1. The number of thioether (sulfide) groups is 2. The van der Waals surface area contributed by atoms with Gasteiger partial charge < -0.3 is 30.9 Å². The summed E-state index contributed by atoms with van der Waals surface area (Å²) in [5.74, 6) is 0.630. The Morgan fingerprint density at radius 1 is 1.00 bits per heavy atom. The predicted molar refractivity (Wildman–Crippen MR) is 163 cm³/mol. The molecule has 0 bridgehead atoms. The molecule has 0 radical (unpaired) electrons. The monoisotopic (exact) mass is 681 g/mol. The quantitative estimate of drug-likeness (QED) is 0.123. The predicted octanol–water partition coefficient (Wildman–Crippen LogP) is 1.05. The second-order valence-electron chi connectivity index (χ2n) is 11.3. The maximum Gasteiger partial charge on any atom is 0.474 e. The summed E-state index contributed by atoms with van der Waals surface area (Å²) >= 11 is 1.75. The number of aryl methyl sites for hydroxylation is 1. The van der Waals surface area contributed by atoms with Gasteiger partial charge in [0.1, 0.15) is 29.7 Å². The zero-order valence-corrected chi connectivity index (χ0v) is 27.6. The van der Waals surface area contributed by atoms with E-state index in [1.807, 2.05) is 0 Å². The van der Waals surface area contributed by atoms with Gasteiger partial charge in [0.05, 0.1) is 50.2 Å². The maximum absolute atomic E-state index is 13.5. The third-order valence-electron chi connectivity index (χ3n) is 6.60. The van der Waals surface area contributed by atoms with E-state index in [9.17, 15) is 34.6 Å². The van der Waals surface area contributed by atoms with Crippen LogP contribution in [0.15, 0.2) is 6.33 Å². The molecule has 0 saturated carbocycles. The Labute approximate surface area is 263 Å². The van der Waals surface area contributed by atoms with Crippen LogP contribution in [0.5, 0.6) is 0 Å². The highest BCUT2D eigenvalue weighted by molar-refractivity contribution is 8.14. The molecule has 16 nitrogen and oxygen atoms in total. The molecule has 4 atom stereocenters. The molecule has 3 heterocycles. The van der Waals surface area contributed by atoms with Gasteiger partial charge in [-0.15, -0.1) is 0 Å². The standard InChI is InChI=1S/C25H40N5O11PS2/c1-14-28-19(26)16-20(29-14)30(13-27-16)21-18(34)17(33)15(41-21)10-40-42(37,38-6-8-43-22(35)24(2,3)11-31)39-7-9-44-23(36)25(4,5)12-32/h13,15,17-18,21,31-34H,6-12H2,1-5H3,(H2,26,28,29)/t15-,17+,18?,21-/m1/s1. The average Bonchev–Trinajstić information content (AvgIpc) is 3.52. The average molecular weight is 682 g/mol. The second-order valence-corrected chi connectivity index (χ2v) is 15.1. The molecular weight excluding hydrogens is 641 g/mol. The van der Waals surface area contributed by atoms with Crippen LogP contribution in [0.3, 0.4) is 0 Å². The lowest BCUT2D eigenvalue weighted by Crippen LogP contribution is -2.33. The molecule has 1 aliphatic heterocycles. The van der Waals surface area contributed by atoms with Crippen molar-refractivity contribution in [1.82, 2.24) is 19.5 Å². The number of nitrogens with two attached hydrogens (primary N) is 1. The Kier molecular flexibility index (Phi) is 12.8. The largest absolute Gasteiger partial charge is 0.474 e. The molecule has 248 valence electrons. The van der Waals surface area contributed by atoms with Gasteiger partial charge in [-0.1, -0.05) is 23.5 Å². The van der Waals surface area contributed by atoms with Crippen molar-refractivity contribution in [3.8, 4) is 0 Å². The van der Waals surface area contributed by atoms with Crippen LogP contribution >= 0.6 is 31.3 Å². The number of nitrogen functional groups attached to an aromatic ring is 1. The zero-order chi connectivity index (χ0) is 32.9.